The maximum atomic E-state index is 5.79. The highest BCUT2D eigenvalue weighted by Gasteiger charge is 2.10. The zero-order valence-electron chi connectivity index (χ0n) is 13.2. The normalized spacial score (nSPS) is 13.0. The lowest BCUT2D eigenvalue weighted by molar-refractivity contribution is 0.372. The monoisotopic (exact) mass is 262 g/mol. The maximum absolute atomic E-state index is 5.79. The van der Waals surface area contributed by atoms with Crippen molar-refractivity contribution >= 4 is 0 Å². The molecule has 1 aromatic rings. The first-order valence-corrected chi connectivity index (χ1v) is 7.43. The van der Waals surface area contributed by atoms with E-state index in [1.807, 2.05) is 0 Å². The van der Waals surface area contributed by atoms with Crippen molar-refractivity contribution in [3.05, 3.63) is 34.4 Å². The Morgan fingerprint density at radius 3 is 2.37 bits per heavy atom. The van der Waals surface area contributed by atoms with Crippen LogP contribution in [0.3, 0.4) is 0 Å². The molecule has 0 spiro atoms. The van der Waals surface area contributed by atoms with E-state index in [1.54, 1.807) is 0 Å². The van der Waals surface area contributed by atoms with Crippen LogP contribution in [0, 0.1) is 32.6 Å². The minimum absolute atomic E-state index is 0.584. The molecule has 0 aliphatic carbocycles. The van der Waals surface area contributed by atoms with Crippen molar-refractivity contribution in [1.29, 1.82) is 0 Å². The van der Waals surface area contributed by atoms with Crippen molar-refractivity contribution in [2.24, 2.45) is 17.6 Å². The van der Waals surface area contributed by atoms with Crippen LogP contribution in [0.15, 0.2) is 12.1 Å². The average Bonchev–Trinajstić information content (AvgIpc) is 2.38. The molecule has 0 aliphatic heterocycles. The molecule has 0 saturated carbocycles. The second-order valence-corrected chi connectivity index (χ2v) is 5.99. The fourth-order valence-corrected chi connectivity index (χ4v) is 2.38. The summed E-state index contributed by atoms with van der Waals surface area (Å²) in [7, 11) is 0. The van der Waals surface area contributed by atoms with Gasteiger partial charge in [0.1, 0.15) is 0 Å². The molecule has 1 aromatic carbocycles. The first-order valence-electron chi connectivity index (χ1n) is 7.43. The lowest BCUT2D eigenvalue weighted by Gasteiger charge is -2.19. The number of benzene rings is 1. The van der Waals surface area contributed by atoms with E-state index in [2.05, 4.69) is 52.1 Å². The van der Waals surface area contributed by atoms with E-state index in [1.165, 1.54) is 22.3 Å². The van der Waals surface area contributed by atoms with Crippen LogP contribution >= 0.6 is 0 Å². The number of nitrogens with two attached hydrogens (primary N) is 1. The molecule has 1 unspecified atom stereocenters. The molecular formula is C17H30N2. The molecule has 0 fully saturated rings. The molecule has 2 heteroatoms. The van der Waals surface area contributed by atoms with Crippen molar-refractivity contribution in [3.8, 4) is 0 Å². The van der Waals surface area contributed by atoms with Gasteiger partial charge in [-0.3, -0.25) is 0 Å². The minimum atomic E-state index is 0.584. The van der Waals surface area contributed by atoms with Crippen LogP contribution in [0.25, 0.3) is 0 Å². The predicted octanol–water partition coefficient (Wildman–Crippen LogP) is 2.97. The molecule has 0 heterocycles. The Hall–Kier alpha value is -0.860. The molecule has 0 amide bonds. The molecule has 0 aromatic heterocycles. The molecule has 0 aliphatic rings. The van der Waals surface area contributed by atoms with Crippen LogP contribution in [-0.4, -0.2) is 19.6 Å². The summed E-state index contributed by atoms with van der Waals surface area (Å²) in [6.45, 7) is 13.9. The average molecular weight is 262 g/mol. The topological polar surface area (TPSA) is 38.0 Å². The number of hydrogen-bond acceptors (Lipinski definition) is 2. The van der Waals surface area contributed by atoms with Gasteiger partial charge >= 0.3 is 0 Å². The zero-order chi connectivity index (χ0) is 14.4. The first kappa shape index (κ1) is 16.2. The van der Waals surface area contributed by atoms with Gasteiger partial charge in [-0.15, -0.1) is 0 Å². The molecule has 1 rings (SSSR count). The van der Waals surface area contributed by atoms with Gasteiger partial charge in [0.05, 0.1) is 0 Å². The van der Waals surface area contributed by atoms with E-state index in [0.717, 1.165) is 26.1 Å². The van der Waals surface area contributed by atoms with Gasteiger partial charge in [-0.1, -0.05) is 26.0 Å². The molecule has 0 bridgehead atoms. The molecule has 0 radical (unpaired) electrons. The van der Waals surface area contributed by atoms with Crippen LogP contribution in [-0.2, 0) is 6.42 Å². The van der Waals surface area contributed by atoms with Crippen molar-refractivity contribution < 1.29 is 0 Å². The third-order valence-electron chi connectivity index (χ3n) is 4.39. The highest BCUT2D eigenvalue weighted by Crippen LogP contribution is 2.17. The largest absolute Gasteiger partial charge is 0.330 e. The number of aryl methyl sites for hydroxylation is 1. The van der Waals surface area contributed by atoms with Crippen molar-refractivity contribution in [2.75, 3.05) is 19.6 Å². The van der Waals surface area contributed by atoms with Crippen molar-refractivity contribution in [3.63, 3.8) is 0 Å². The molecule has 0 saturated heterocycles. The summed E-state index contributed by atoms with van der Waals surface area (Å²) in [5.74, 6) is 1.24. The molecule has 3 N–H and O–H groups in total. The molecule has 2 nitrogen and oxygen atoms in total. The third kappa shape index (κ3) is 4.63. The Morgan fingerprint density at radius 2 is 1.79 bits per heavy atom. The van der Waals surface area contributed by atoms with Gasteiger partial charge in [0, 0.05) is 0 Å². The van der Waals surface area contributed by atoms with Gasteiger partial charge in [-0.2, -0.15) is 0 Å². The van der Waals surface area contributed by atoms with Gasteiger partial charge in [-0.25, -0.2) is 0 Å². The summed E-state index contributed by atoms with van der Waals surface area (Å²) >= 11 is 0. The molecular weight excluding hydrogens is 232 g/mol. The highest BCUT2D eigenvalue weighted by molar-refractivity contribution is 5.38. The van der Waals surface area contributed by atoms with Gasteiger partial charge in [0.15, 0.2) is 0 Å². The summed E-state index contributed by atoms with van der Waals surface area (Å²) in [5, 5.41) is 3.55. The Morgan fingerprint density at radius 1 is 1.11 bits per heavy atom. The van der Waals surface area contributed by atoms with E-state index in [4.69, 9.17) is 5.73 Å². The number of hydrogen-bond donors (Lipinski definition) is 2. The van der Waals surface area contributed by atoms with Crippen molar-refractivity contribution in [1.82, 2.24) is 5.32 Å². The van der Waals surface area contributed by atoms with E-state index in [-0.39, 0.29) is 0 Å². The quantitative estimate of drug-likeness (QED) is 0.741. The lowest BCUT2D eigenvalue weighted by Crippen LogP contribution is -2.32. The van der Waals surface area contributed by atoms with E-state index in [0.29, 0.717) is 11.8 Å². The second-order valence-electron chi connectivity index (χ2n) is 5.99. The summed E-state index contributed by atoms with van der Waals surface area (Å²) in [6, 6.07) is 4.50. The van der Waals surface area contributed by atoms with E-state index in [9.17, 15) is 0 Å². The molecule has 108 valence electrons. The molecule has 19 heavy (non-hydrogen) atoms. The van der Waals surface area contributed by atoms with Crippen LogP contribution in [0.2, 0.25) is 0 Å². The lowest BCUT2D eigenvalue weighted by atomic mass is 9.95. The standard InChI is InChI=1S/C17H30N2/c1-12(2)17(10-18)11-19-9-8-16-7-6-13(3)14(4)15(16)5/h6-7,12,17,19H,8-11,18H2,1-5H3. The summed E-state index contributed by atoms with van der Waals surface area (Å²) in [4.78, 5) is 0. The van der Waals surface area contributed by atoms with Crippen LogP contribution in [0.4, 0.5) is 0 Å². The highest BCUT2D eigenvalue weighted by atomic mass is 14.9. The first-order chi connectivity index (χ1) is 8.97. The van der Waals surface area contributed by atoms with E-state index < -0.39 is 0 Å². The maximum Gasteiger partial charge on any atom is -0.000588 e. The smallest absolute Gasteiger partial charge is 0.000588 e. The van der Waals surface area contributed by atoms with Crippen molar-refractivity contribution in [2.45, 2.75) is 41.0 Å². The van der Waals surface area contributed by atoms with Gasteiger partial charge < -0.3 is 11.1 Å². The SMILES string of the molecule is Cc1ccc(CCNCC(CN)C(C)C)c(C)c1C. The van der Waals surface area contributed by atoms with Gasteiger partial charge in [0.2, 0.25) is 0 Å². The minimum Gasteiger partial charge on any atom is -0.330 e. The summed E-state index contributed by atoms with van der Waals surface area (Å²) < 4.78 is 0. The third-order valence-corrected chi connectivity index (χ3v) is 4.39. The Balaban J connectivity index is 2.44. The van der Waals surface area contributed by atoms with Crippen LogP contribution < -0.4 is 11.1 Å². The van der Waals surface area contributed by atoms with Crippen LogP contribution in [0.1, 0.15) is 36.1 Å². The van der Waals surface area contributed by atoms with E-state index >= 15 is 0 Å². The fraction of sp³-hybridized carbons (Fsp3) is 0.647. The van der Waals surface area contributed by atoms with Crippen LogP contribution in [0.5, 0.6) is 0 Å². The zero-order valence-corrected chi connectivity index (χ0v) is 13.2. The Kier molecular flexibility index (Phi) is 6.53. The van der Waals surface area contributed by atoms with Gasteiger partial charge in [0.25, 0.3) is 0 Å². The summed E-state index contributed by atoms with van der Waals surface area (Å²) in [6.07, 6.45) is 1.10. The van der Waals surface area contributed by atoms with Gasteiger partial charge in [-0.05, 0) is 80.9 Å². The molecule has 1 atom stereocenters. The number of nitrogens with one attached hydrogen (secondary N) is 1. The second kappa shape index (κ2) is 7.66. The Bertz CT molecular complexity index is 396. The predicted molar refractivity (Wildman–Crippen MR) is 84.6 cm³/mol. The Labute approximate surface area is 118 Å². The summed E-state index contributed by atoms with van der Waals surface area (Å²) in [5.41, 5.74) is 11.5. The number of rotatable bonds is 7. The fourth-order valence-electron chi connectivity index (χ4n) is 2.38.